The number of hydrogen-bond donors (Lipinski definition) is 2. The number of rotatable bonds is 4. The van der Waals surface area contributed by atoms with Crippen molar-refractivity contribution < 1.29 is 9.59 Å². The molecular weight excluding hydrogens is 290 g/mol. The SMILES string of the molecule is C=C1C(C)(C)[C@H]2CC[C@]1(C(=O)NC1CCN(CC(N)=O)CC1)C2. The summed E-state index contributed by atoms with van der Waals surface area (Å²) in [6, 6.07) is 0.205. The highest BCUT2D eigenvalue weighted by molar-refractivity contribution is 5.87. The Morgan fingerprint density at radius 3 is 2.48 bits per heavy atom. The normalized spacial score (nSPS) is 33.8. The van der Waals surface area contributed by atoms with Crippen LogP contribution in [0.15, 0.2) is 12.2 Å². The third-order valence-corrected chi connectivity index (χ3v) is 6.63. The van der Waals surface area contributed by atoms with Gasteiger partial charge in [0.15, 0.2) is 0 Å². The maximum atomic E-state index is 13.0. The zero-order valence-corrected chi connectivity index (χ0v) is 14.4. The molecule has 3 aliphatic rings. The molecule has 2 saturated carbocycles. The number of carbonyl (C=O) groups excluding carboxylic acids is 2. The second kappa shape index (κ2) is 5.62. The molecule has 1 aliphatic heterocycles. The number of likely N-dealkylation sites (tertiary alicyclic amines) is 1. The van der Waals surface area contributed by atoms with Crippen LogP contribution >= 0.6 is 0 Å². The van der Waals surface area contributed by atoms with Crippen LogP contribution in [0.4, 0.5) is 0 Å². The average Bonchev–Trinajstić information content (AvgIpc) is 3.01. The minimum atomic E-state index is -0.335. The fourth-order valence-electron chi connectivity index (χ4n) is 4.92. The van der Waals surface area contributed by atoms with E-state index in [0.717, 1.165) is 50.8 Å². The van der Waals surface area contributed by atoms with Gasteiger partial charge in [-0.2, -0.15) is 0 Å². The third kappa shape index (κ3) is 2.69. The second-order valence-corrected chi connectivity index (χ2v) is 8.21. The van der Waals surface area contributed by atoms with Crippen molar-refractivity contribution in [3.05, 3.63) is 12.2 Å². The lowest BCUT2D eigenvalue weighted by atomic mass is 9.68. The number of nitrogens with two attached hydrogens (primary N) is 1. The first-order chi connectivity index (χ1) is 10.8. The average molecular weight is 319 g/mol. The van der Waals surface area contributed by atoms with Gasteiger partial charge in [0.1, 0.15) is 0 Å². The Bertz CT molecular complexity index is 534. The molecule has 0 spiro atoms. The van der Waals surface area contributed by atoms with Crippen LogP contribution in [0, 0.1) is 16.7 Å². The number of primary amides is 1. The Balaban J connectivity index is 1.59. The molecule has 3 fully saturated rings. The van der Waals surface area contributed by atoms with E-state index in [0.29, 0.717) is 12.5 Å². The topological polar surface area (TPSA) is 75.4 Å². The molecule has 2 bridgehead atoms. The van der Waals surface area contributed by atoms with Crippen LogP contribution in [0.3, 0.4) is 0 Å². The summed E-state index contributed by atoms with van der Waals surface area (Å²) < 4.78 is 0. The maximum Gasteiger partial charge on any atom is 0.231 e. The van der Waals surface area contributed by atoms with Crippen molar-refractivity contribution in [3.8, 4) is 0 Å². The first kappa shape index (κ1) is 16.5. The summed E-state index contributed by atoms with van der Waals surface area (Å²) in [7, 11) is 0. The molecular formula is C18H29N3O2. The van der Waals surface area contributed by atoms with Crippen molar-refractivity contribution in [3.63, 3.8) is 0 Å². The zero-order valence-electron chi connectivity index (χ0n) is 14.4. The smallest absolute Gasteiger partial charge is 0.231 e. The van der Waals surface area contributed by atoms with E-state index in [1.54, 1.807) is 0 Å². The molecule has 2 atom stereocenters. The molecule has 23 heavy (non-hydrogen) atoms. The zero-order chi connectivity index (χ0) is 16.8. The standard InChI is InChI=1S/C18H29N3O2/c1-12-17(2,3)13-4-7-18(12,10-13)16(23)20-14-5-8-21(9-6-14)11-15(19)22/h13-14H,1,4-11H2,2-3H3,(H2,19,22)(H,20,23)/t13-,18-/m0/s1. The van der Waals surface area contributed by atoms with Gasteiger partial charge in [-0.3, -0.25) is 14.5 Å². The number of piperidine rings is 1. The van der Waals surface area contributed by atoms with E-state index < -0.39 is 0 Å². The highest BCUT2D eigenvalue weighted by atomic mass is 16.2. The van der Waals surface area contributed by atoms with Gasteiger partial charge >= 0.3 is 0 Å². The summed E-state index contributed by atoms with van der Waals surface area (Å²) in [5, 5.41) is 3.28. The van der Waals surface area contributed by atoms with Gasteiger partial charge < -0.3 is 11.1 Å². The van der Waals surface area contributed by atoms with Crippen LogP contribution < -0.4 is 11.1 Å². The molecule has 5 heteroatoms. The number of nitrogens with zero attached hydrogens (tertiary/aromatic N) is 1. The Morgan fingerprint density at radius 2 is 1.96 bits per heavy atom. The van der Waals surface area contributed by atoms with Crippen LogP contribution in [-0.2, 0) is 9.59 Å². The van der Waals surface area contributed by atoms with Crippen molar-refractivity contribution in [2.45, 2.75) is 52.0 Å². The van der Waals surface area contributed by atoms with E-state index in [1.165, 1.54) is 0 Å². The predicted octanol–water partition coefficient (Wildman–Crippen LogP) is 1.43. The minimum absolute atomic E-state index is 0.0838. The second-order valence-electron chi connectivity index (χ2n) is 8.21. The molecule has 0 aromatic heterocycles. The van der Waals surface area contributed by atoms with E-state index in [4.69, 9.17) is 5.73 Å². The third-order valence-electron chi connectivity index (χ3n) is 6.63. The number of carbonyl (C=O) groups is 2. The van der Waals surface area contributed by atoms with Crippen molar-refractivity contribution >= 4 is 11.8 Å². The monoisotopic (exact) mass is 319 g/mol. The van der Waals surface area contributed by atoms with E-state index in [2.05, 4.69) is 30.6 Å². The van der Waals surface area contributed by atoms with Crippen LogP contribution in [0.1, 0.15) is 46.0 Å². The molecule has 1 saturated heterocycles. The molecule has 128 valence electrons. The molecule has 0 aromatic rings. The van der Waals surface area contributed by atoms with Gasteiger partial charge in [0.05, 0.1) is 12.0 Å². The molecule has 0 unspecified atom stereocenters. The Morgan fingerprint density at radius 1 is 1.30 bits per heavy atom. The highest BCUT2D eigenvalue weighted by Gasteiger charge is 2.61. The van der Waals surface area contributed by atoms with Crippen LogP contribution in [0.5, 0.6) is 0 Å². The fourth-order valence-corrected chi connectivity index (χ4v) is 4.92. The molecule has 0 aromatic carbocycles. The van der Waals surface area contributed by atoms with Crippen molar-refractivity contribution in [1.82, 2.24) is 10.2 Å². The lowest BCUT2D eigenvalue weighted by molar-refractivity contribution is -0.130. The molecule has 2 amide bonds. The Hall–Kier alpha value is -1.36. The highest BCUT2D eigenvalue weighted by Crippen LogP contribution is 2.65. The lowest BCUT2D eigenvalue weighted by Crippen LogP contribution is -2.50. The van der Waals surface area contributed by atoms with Crippen molar-refractivity contribution in [2.24, 2.45) is 22.5 Å². The molecule has 3 N–H and O–H groups in total. The Kier molecular flexibility index (Phi) is 4.03. The summed E-state index contributed by atoms with van der Waals surface area (Å²) in [5.41, 5.74) is 6.12. The summed E-state index contributed by atoms with van der Waals surface area (Å²) in [6.45, 7) is 10.7. The minimum Gasteiger partial charge on any atom is -0.369 e. The molecule has 2 aliphatic carbocycles. The largest absolute Gasteiger partial charge is 0.369 e. The Labute approximate surface area is 138 Å². The van der Waals surface area contributed by atoms with E-state index in [9.17, 15) is 9.59 Å². The van der Waals surface area contributed by atoms with Gasteiger partial charge in [0, 0.05) is 19.1 Å². The summed E-state index contributed by atoms with van der Waals surface area (Å²) in [6.07, 6.45) is 4.82. The summed E-state index contributed by atoms with van der Waals surface area (Å²) in [4.78, 5) is 26.0. The molecule has 0 radical (unpaired) electrons. The molecule has 3 rings (SSSR count). The molecule has 5 nitrogen and oxygen atoms in total. The van der Waals surface area contributed by atoms with Gasteiger partial charge in [-0.25, -0.2) is 0 Å². The van der Waals surface area contributed by atoms with Crippen molar-refractivity contribution in [2.75, 3.05) is 19.6 Å². The summed E-state index contributed by atoms with van der Waals surface area (Å²) in [5.74, 6) is 0.495. The fraction of sp³-hybridized carbons (Fsp3) is 0.778. The van der Waals surface area contributed by atoms with E-state index >= 15 is 0 Å². The summed E-state index contributed by atoms with van der Waals surface area (Å²) >= 11 is 0. The number of fused-ring (bicyclic) bond motifs is 2. The first-order valence-electron chi connectivity index (χ1n) is 8.77. The van der Waals surface area contributed by atoms with Crippen molar-refractivity contribution in [1.29, 1.82) is 0 Å². The molecule has 1 heterocycles. The lowest BCUT2D eigenvalue weighted by Gasteiger charge is -2.38. The van der Waals surface area contributed by atoms with Crippen LogP contribution in [-0.4, -0.2) is 42.4 Å². The number of hydrogen-bond acceptors (Lipinski definition) is 3. The van der Waals surface area contributed by atoms with Gasteiger partial charge in [-0.15, -0.1) is 0 Å². The van der Waals surface area contributed by atoms with Crippen LogP contribution in [0.2, 0.25) is 0 Å². The first-order valence-corrected chi connectivity index (χ1v) is 8.77. The van der Waals surface area contributed by atoms with Gasteiger partial charge in [-0.1, -0.05) is 26.0 Å². The van der Waals surface area contributed by atoms with Crippen LogP contribution in [0.25, 0.3) is 0 Å². The number of amides is 2. The number of nitrogens with one attached hydrogen (secondary N) is 1. The van der Waals surface area contributed by atoms with E-state index in [1.807, 2.05) is 0 Å². The predicted molar refractivity (Wildman–Crippen MR) is 89.5 cm³/mol. The van der Waals surface area contributed by atoms with Gasteiger partial charge in [-0.05, 0) is 43.4 Å². The van der Waals surface area contributed by atoms with E-state index in [-0.39, 0.29) is 28.7 Å². The maximum absolute atomic E-state index is 13.0. The quantitative estimate of drug-likeness (QED) is 0.770. The van der Waals surface area contributed by atoms with Gasteiger partial charge in [0.2, 0.25) is 11.8 Å². The van der Waals surface area contributed by atoms with Gasteiger partial charge in [0.25, 0.3) is 0 Å².